The maximum atomic E-state index is 12.7. The van der Waals surface area contributed by atoms with Gasteiger partial charge >= 0.3 is 5.97 Å². The van der Waals surface area contributed by atoms with E-state index in [0.717, 1.165) is 16.9 Å². The average molecular weight is 444 g/mol. The van der Waals surface area contributed by atoms with Crippen LogP contribution < -0.4 is 10.1 Å². The van der Waals surface area contributed by atoms with Crippen LogP contribution in [0, 0.1) is 0 Å². The van der Waals surface area contributed by atoms with Gasteiger partial charge in [-0.15, -0.1) is 0 Å². The fraction of sp³-hybridized carbons (Fsp3) is 0.130. The van der Waals surface area contributed by atoms with E-state index in [0.29, 0.717) is 17.3 Å². The maximum Gasteiger partial charge on any atom is 0.339 e. The number of carbonyl (C=O) groups is 2. The summed E-state index contributed by atoms with van der Waals surface area (Å²) in [5.74, 6) is -0.312. The zero-order chi connectivity index (χ0) is 21.7. The minimum atomic E-state index is -0.574. The van der Waals surface area contributed by atoms with Gasteiger partial charge in [0.05, 0.1) is 35.6 Å². The highest BCUT2D eigenvalue weighted by atomic mass is 35.5. The first kappa shape index (κ1) is 21.7. The summed E-state index contributed by atoms with van der Waals surface area (Å²) in [6, 6.07) is 17.2. The van der Waals surface area contributed by atoms with Crippen molar-refractivity contribution in [3.05, 3.63) is 81.8 Å². The molecule has 0 aliphatic rings. The van der Waals surface area contributed by atoms with E-state index >= 15 is 0 Å². The molecule has 0 saturated heterocycles. The van der Waals surface area contributed by atoms with Crippen molar-refractivity contribution in [2.75, 3.05) is 19.0 Å². The summed E-state index contributed by atoms with van der Waals surface area (Å²) in [4.78, 5) is 25.0. The van der Waals surface area contributed by atoms with Crippen LogP contribution in [0.5, 0.6) is 5.75 Å². The Labute approximate surface area is 184 Å². The first-order valence-electron chi connectivity index (χ1n) is 9.15. The summed E-state index contributed by atoms with van der Waals surface area (Å²) in [6.07, 6.45) is 0. The van der Waals surface area contributed by atoms with Gasteiger partial charge in [0.25, 0.3) is 5.91 Å². The number of anilines is 1. The van der Waals surface area contributed by atoms with E-state index < -0.39 is 11.9 Å². The zero-order valence-electron chi connectivity index (χ0n) is 16.4. The van der Waals surface area contributed by atoms with Gasteiger partial charge in [-0.2, -0.15) is 0 Å². The largest absolute Gasteiger partial charge is 0.494 e. The number of rotatable bonds is 6. The second kappa shape index (κ2) is 9.65. The van der Waals surface area contributed by atoms with Crippen molar-refractivity contribution < 1.29 is 19.1 Å². The lowest BCUT2D eigenvalue weighted by Crippen LogP contribution is -2.16. The molecule has 0 aromatic heterocycles. The summed E-state index contributed by atoms with van der Waals surface area (Å²) in [7, 11) is 1.28. The standard InChI is InChI=1S/C23H19Cl2NO4/c1-3-30-17-6-4-5-14(11-17)15-7-10-21(19(12-15)23(28)29-2)26-22(27)18-9-8-16(24)13-20(18)25/h4-13H,3H2,1-2H3,(H,26,27). The van der Waals surface area contributed by atoms with Gasteiger partial charge in [0.15, 0.2) is 0 Å². The van der Waals surface area contributed by atoms with E-state index in [2.05, 4.69) is 5.32 Å². The Morgan fingerprint density at radius 2 is 1.70 bits per heavy atom. The lowest BCUT2D eigenvalue weighted by Gasteiger charge is -2.13. The monoisotopic (exact) mass is 443 g/mol. The van der Waals surface area contributed by atoms with Gasteiger partial charge in [-0.25, -0.2) is 4.79 Å². The topological polar surface area (TPSA) is 64.6 Å². The van der Waals surface area contributed by atoms with Crippen LogP contribution in [0.3, 0.4) is 0 Å². The fourth-order valence-electron chi connectivity index (χ4n) is 2.91. The number of hydrogen-bond donors (Lipinski definition) is 1. The molecule has 1 N–H and O–H groups in total. The highest BCUT2D eigenvalue weighted by Crippen LogP contribution is 2.29. The minimum absolute atomic E-state index is 0.212. The molecule has 0 unspecified atom stereocenters. The Hall–Kier alpha value is -3.02. The van der Waals surface area contributed by atoms with E-state index in [9.17, 15) is 9.59 Å². The Bertz CT molecular complexity index is 1100. The first-order valence-corrected chi connectivity index (χ1v) is 9.90. The molecule has 3 rings (SSSR count). The second-order valence-corrected chi connectivity index (χ2v) is 7.13. The number of hydrogen-bond acceptors (Lipinski definition) is 4. The molecule has 0 heterocycles. The maximum absolute atomic E-state index is 12.7. The number of amides is 1. The van der Waals surface area contributed by atoms with Gasteiger partial charge < -0.3 is 14.8 Å². The summed E-state index contributed by atoms with van der Waals surface area (Å²) in [5, 5.41) is 3.35. The SMILES string of the molecule is CCOc1cccc(-c2ccc(NC(=O)c3ccc(Cl)cc3Cl)c(C(=O)OC)c2)c1. The Morgan fingerprint density at radius 3 is 2.40 bits per heavy atom. The molecule has 3 aromatic rings. The summed E-state index contributed by atoms with van der Waals surface area (Å²) in [5.41, 5.74) is 2.41. The number of carbonyl (C=O) groups excluding carboxylic acids is 2. The molecular formula is C23H19Cl2NO4. The quantitative estimate of drug-likeness (QED) is 0.467. The second-order valence-electron chi connectivity index (χ2n) is 6.29. The normalized spacial score (nSPS) is 10.4. The third-order valence-electron chi connectivity index (χ3n) is 4.33. The van der Waals surface area contributed by atoms with Crippen LogP contribution in [0.4, 0.5) is 5.69 Å². The van der Waals surface area contributed by atoms with Crippen LogP contribution in [-0.4, -0.2) is 25.6 Å². The van der Waals surface area contributed by atoms with Crippen molar-refractivity contribution in [3.63, 3.8) is 0 Å². The summed E-state index contributed by atoms with van der Waals surface area (Å²) < 4.78 is 10.4. The summed E-state index contributed by atoms with van der Waals surface area (Å²) in [6.45, 7) is 2.46. The molecule has 0 aliphatic carbocycles. The van der Waals surface area contributed by atoms with Crippen LogP contribution in [0.25, 0.3) is 11.1 Å². The molecule has 3 aromatic carbocycles. The summed E-state index contributed by atoms with van der Waals surface area (Å²) >= 11 is 12.0. The molecule has 0 bridgehead atoms. The van der Waals surface area contributed by atoms with Gasteiger partial charge in [0, 0.05) is 5.02 Å². The fourth-order valence-corrected chi connectivity index (χ4v) is 3.40. The molecule has 0 fully saturated rings. The van der Waals surface area contributed by atoms with Crippen LogP contribution in [0.1, 0.15) is 27.6 Å². The van der Waals surface area contributed by atoms with Crippen molar-refractivity contribution >= 4 is 40.8 Å². The molecule has 1 amide bonds. The van der Waals surface area contributed by atoms with E-state index in [1.807, 2.05) is 31.2 Å². The van der Waals surface area contributed by atoms with Crippen molar-refractivity contribution in [2.24, 2.45) is 0 Å². The van der Waals surface area contributed by atoms with Gasteiger partial charge in [-0.05, 0) is 60.5 Å². The van der Waals surface area contributed by atoms with Gasteiger partial charge in [-0.1, -0.05) is 41.4 Å². The zero-order valence-corrected chi connectivity index (χ0v) is 17.9. The molecule has 0 radical (unpaired) electrons. The Balaban J connectivity index is 1.96. The van der Waals surface area contributed by atoms with Gasteiger partial charge in [-0.3, -0.25) is 4.79 Å². The van der Waals surface area contributed by atoms with Crippen molar-refractivity contribution in [1.82, 2.24) is 0 Å². The highest BCUT2D eigenvalue weighted by Gasteiger charge is 2.18. The number of benzene rings is 3. The molecule has 0 saturated carbocycles. The Kier molecular flexibility index (Phi) is 6.98. The third kappa shape index (κ3) is 4.93. The lowest BCUT2D eigenvalue weighted by molar-refractivity contribution is 0.0602. The molecule has 5 nitrogen and oxygen atoms in total. The molecule has 30 heavy (non-hydrogen) atoms. The number of methoxy groups -OCH3 is 1. The molecule has 154 valence electrons. The average Bonchev–Trinajstić information content (AvgIpc) is 2.73. The van der Waals surface area contributed by atoms with Crippen LogP contribution in [0.2, 0.25) is 10.0 Å². The number of nitrogens with one attached hydrogen (secondary N) is 1. The molecule has 7 heteroatoms. The van der Waals surface area contributed by atoms with E-state index in [-0.39, 0.29) is 16.1 Å². The van der Waals surface area contributed by atoms with E-state index in [1.54, 1.807) is 24.3 Å². The molecule has 0 atom stereocenters. The smallest absolute Gasteiger partial charge is 0.339 e. The van der Waals surface area contributed by atoms with Crippen LogP contribution in [-0.2, 0) is 4.74 Å². The third-order valence-corrected chi connectivity index (χ3v) is 4.88. The molecule has 0 spiro atoms. The number of esters is 1. The number of ether oxygens (including phenoxy) is 2. The predicted octanol–water partition coefficient (Wildman–Crippen LogP) is 6.10. The minimum Gasteiger partial charge on any atom is -0.494 e. The predicted molar refractivity (Wildman–Crippen MR) is 119 cm³/mol. The molecular weight excluding hydrogens is 425 g/mol. The van der Waals surface area contributed by atoms with Gasteiger partial charge in [0.1, 0.15) is 5.75 Å². The van der Waals surface area contributed by atoms with Crippen LogP contribution >= 0.6 is 23.2 Å². The van der Waals surface area contributed by atoms with Crippen molar-refractivity contribution in [3.8, 4) is 16.9 Å². The first-order chi connectivity index (χ1) is 14.4. The van der Waals surface area contributed by atoms with Crippen molar-refractivity contribution in [2.45, 2.75) is 6.92 Å². The highest BCUT2D eigenvalue weighted by molar-refractivity contribution is 6.37. The van der Waals surface area contributed by atoms with Crippen LogP contribution in [0.15, 0.2) is 60.7 Å². The van der Waals surface area contributed by atoms with Gasteiger partial charge in [0.2, 0.25) is 0 Å². The van der Waals surface area contributed by atoms with Crippen molar-refractivity contribution in [1.29, 1.82) is 0 Å². The van der Waals surface area contributed by atoms with E-state index in [4.69, 9.17) is 32.7 Å². The Morgan fingerprint density at radius 1 is 0.933 bits per heavy atom. The lowest BCUT2D eigenvalue weighted by atomic mass is 10.0. The number of halogens is 2. The molecule has 0 aliphatic heterocycles. The van der Waals surface area contributed by atoms with E-state index in [1.165, 1.54) is 19.2 Å².